The zero-order valence-electron chi connectivity index (χ0n) is 13.2. The monoisotopic (exact) mass is 329 g/mol. The Hall–Kier alpha value is -1.60. The number of nitrogens with one attached hydrogen (secondary N) is 1. The average molecular weight is 329 g/mol. The zero-order chi connectivity index (χ0) is 16.9. The van der Waals surface area contributed by atoms with E-state index in [1.54, 1.807) is 0 Å². The molecule has 0 aromatic heterocycles. The molecule has 1 aliphatic heterocycles. The van der Waals surface area contributed by atoms with E-state index in [9.17, 15) is 18.0 Å². The van der Waals surface area contributed by atoms with Gasteiger partial charge in [-0.3, -0.25) is 14.6 Å². The average Bonchev–Trinajstić information content (AvgIpc) is 2.46. The third-order valence-electron chi connectivity index (χ3n) is 3.81. The summed E-state index contributed by atoms with van der Waals surface area (Å²) in [5, 5.41) is 2.85. The van der Waals surface area contributed by atoms with Crippen molar-refractivity contribution in [1.29, 1.82) is 0 Å². The van der Waals surface area contributed by atoms with E-state index in [0.29, 0.717) is 32.7 Å². The molecule has 23 heavy (non-hydrogen) atoms. The Morgan fingerprint density at radius 1 is 1.17 bits per heavy atom. The molecule has 0 bridgehead atoms. The molecule has 1 N–H and O–H groups in total. The minimum Gasteiger partial charge on any atom is -0.351 e. The number of piperazine rings is 1. The fourth-order valence-electron chi connectivity index (χ4n) is 2.64. The molecular formula is C16H22F3N3O. The van der Waals surface area contributed by atoms with Gasteiger partial charge in [0.1, 0.15) is 0 Å². The van der Waals surface area contributed by atoms with E-state index in [1.165, 1.54) is 4.90 Å². The van der Waals surface area contributed by atoms with E-state index in [2.05, 4.69) is 5.32 Å². The maximum absolute atomic E-state index is 12.3. The molecule has 0 unspecified atom stereocenters. The first-order valence-corrected chi connectivity index (χ1v) is 7.65. The Balaban J connectivity index is 1.68. The number of halogens is 3. The van der Waals surface area contributed by atoms with Gasteiger partial charge in [-0.1, -0.05) is 29.8 Å². The van der Waals surface area contributed by atoms with E-state index in [1.807, 2.05) is 36.1 Å². The molecule has 7 heteroatoms. The van der Waals surface area contributed by atoms with E-state index < -0.39 is 12.7 Å². The second kappa shape index (κ2) is 7.79. The van der Waals surface area contributed by atoms with Crippen LogP contribution in [0, 0.1) is 6.92 Å². The van der Waals surface area contributed by atoms with Gasteiger partial charge in [-0.15, -0.1) is 0 Å². The van der Waals surface area contributed by atoms with Crippen LogP contribution in [0.25, 0.3) is 0 Å². The van der Waals surface area contributed by atoms with Crippen LogP contribution in [0.4, 0.5) is 13.2 Å². The van der Waals surface area contributed by atoms with Crippen molar-refractivity contribution >= 4 is 5.91 Å². The second-order valence-corrected chi connectivity index (χ2v) is 5.93. The zero-order valence-corrected chi connectivity index (χ0v) is 13.2. The van der Waals surface area contributed by atoms with Crippen LogP contribution in [0.5, 0.6) is 0 Å². The number of benzene rings is 1. The number of carbonyl (C=O) groups is 1. The fourth-order valence-corrected chi connectivity index (χ4v) is 2.64. The van der Waals surface area contributed by atoms with Crippen molar-refractivity contribution in [3.63, 3.8) is 0 Å². The third kappa shape index (κ3) is 6.58. The van der Waals surface area contributed by atoms with Crippen LogP contribution in [0.15, 0.2) is 24.3 Å². The molecular weight excluding hydrogens is 307 g/mol. The summed E-state index contributed by atoms with van der Waals surface area (Å²) in [6.07, 6.45) is -4.16. The standard InChI is InChI=1S/C16H22F3N3O/c1-13-3-2-4-14(9-13)10-20-15(23)11-21-5-7-22(8-6-21)12-16(17,18)19/h2-4,9H,5-8,10-12H2,1H3,(H,20,23). The largest absolute Gasteiger partial charge is 0.401 e. The van der Waals surface area contributed by atoms with Crippen LogP contribution < -0.4 is 5.32 Å². The lowest BCUT2D eigenvalue weighted by atomic mass is 10.1. The van der Waals surface area contributed by atoms with Crippen LogP contribution in [0.3, 0.4) is 0 Å². The smallest absolute Gasteiger partial charge is 0.351 e. The lowest BCUT2D eigenvalue weighted by molar-refractivity contribution is -0.150. The lowest BCUT2D eigenvalue weighted by Crippen LogP contribution is -2.51. The van der Waals surface area contributed by atoms with Gasteiger partial charge in [0, 0.05) is 32.7 Å². The fraction of sp³-hybridized carbons (Fsp3) is 0.562. The number of alkyl halides is 3. The second-order valence-electron chi connectivity index (χ2n) is 5.93. The normalized spacial score (nSPS) is 17.2. The Labute approximate surface area is 134 Å². The predicted molar refractivity (Wildman–Crippen MR) is 82.0 cm³/mol. The summed E-state index contributed by atoms with van der Waals surface area (Å²) in [6.45, 7) is 3.45. The summed E-state index contributed by atoms with van der Waals surface area (Å²) >= 11 is 0. The predicted octanol–water partition coefficient (Wildman–Crippen LogP) is 1.79. The van der Waals surface area contributed by atoms with Gasteiger partial charge >= 0.3 is 6.18 Å². The van der Waals surface area contributed by atoms with Gasteiger partial charge in [0.2, 0.25) is 5.91 Å². The number of carbonyl (C=O) groups excluding carboxylic acids is 1. The number of hydrogen-bond acceptors (Lipinski definition) is 3. The first kappa shape index (κ1) is 17.7. The van der Waals surface area contributed by atoms with Gasteiger partial charge < -0.3 is 5.32 Å². The summed E-state index contributed by atoms with van der Waals surface area (Å²) in [7, 11) is 0. The topological polar surface area (TPSA) is 35.6 Å². The van der Waals surface area contributed by atoms with Crippen LogP contribution in [-0.4, -0.2) is 61.2 Å². The Morgan fingerprint density at radius 3 is 2.43 bits per heavy atom. The summed E-state index contributed by atoms with van der Waals surface area (Å²) in [4.78, 5) is 15.2. The number of rotatable bonds is 5. The molecule has 128 valence electrons. The Bertz CT molecular complexity index is 526. The Kier molecular flexibility index (Phi) is 6.01. The molecule has 1 aromatic carbocycles. The molecule has 0 radical (unpaired) electrons. The summed E-state index contributed by atoms with van der Waals surface area (Å²) < 4.78 is 37.0. The molecule has 1 heterocycles. The van der Waals surface area contributed by atoms with Gasteiger partial charge in [-0.2, -0.15) is 13.2 Å². The molecule has 0 spiro atoms. The van der Waals surface area contributed by atoms with E-state index in [-0.39, 0.29) is 12.5 Å². The quantitative estimate of drug-likeness (QED) is 0.895. The first-order valence-electron chi connectivity index (χ1n) is 7.65. The maximum Gasteiger partial charge on any atom is 0.401 e. The minimum absolute atomic E-state index is 0.101. The molecule has 2 rings (SSSR count). The molecule has 0 atom stereocenters. The highest BCUT2D eigenvalue weighted by atomic mass is 19.4. The highest BCUT2D eigenvalue weighted by Gasteiger charge is 2.32. The van der Waals surface area contributed by atoms with E-state index in [0.717, 1.165) is 11.1 Å². The van der Waals surface area contributed by atoms with Crippen LogP contribution in [-0.2, 0) is 11.3 Å². The van der Waals surface area contributed by atoms with Gasteiger partial charge in [-0.05, 0) is 12.5 Å². The maximum atomic E-state index is 12.3. The highest BCUT2D eigenvalue weighted by Crippen LogP contribution is 2.17. The number of nitrogens with zero attached hydrogens (tertiary/aromatic N) is 2. The van der Waals surface area contributed by atoms with Gasteiger partial charge in [0.15, 0.2) is 0 Å². The number of aryl methyl sites for hydroxylation is 1. The van der Waals surface area contributed by atoms with Gasteiger partial charge in [-0.25, -0.2) is 0 Å². The molecule has 1 amide bonds. The molecule has 0 aliphatic carbocycles. The molecule has 0 saturated carbocycles. The molecule has 4 nitrogen and oxygen atoms in total. The van der Waals surface area contributed by atoms with Crippen LogP contribution >= 0.6 is 0 Å². The third-order valence-corrected chi connectivity index (χ3v) is 3.81. The molecule has 1 fully saturated rings. The Morgan fingerprint density at radius 2 is 1.83 bits per heavy atom. The van der Waals surface area contributed by atoms with Crippen molar-refractivity contribution < 1.29 is 18.0 Å². The van der Waals surface area contributed by atoms with Gasteiger partial charge in [0.05, 0.1) is 13.1 Å². The van der Waals surface area contributed by atoms with Crippen molar-refractivity contribution in [1.82, 2.24) is 15.1 Å². The van der Waals surface area contributed by atoms with Crippen LogP contribution in [0.1, 0.15) is 11.1 Å². The highest BCUT2D eigenvalue weighted by molar-refractivity contribution is 5.78. The lowest BCUT2D eigenvalue weighted by Gasteiger charge is -2.34. The summed E-state index contributed by atoms with van der Waals surface area (Å²) in [5.41, 5.74) is 2.17. The number of amides is 1. The number of hydrogen-bond donors (Lipinski definition) is 1. The molecule has 1 saturated heterocycles. The van der Waals surface area contributed by atoms with Crippen LogP contribution in [0.2, 0.25) is 0 Å². The van der Waals surface area contributed by atoms with Crippen molar-refractivity contribution in [2.75, 3.05) is 39.3 Å². The van der Waals surface area contributed by atoms with Crippen molar-refractivity contribution in [3.05, 3.63) is 35.4 Å². The molecule has 1 aromatic rings. The molecule has 1 aliphatic rings. The SMILES string of the molecule is Cc1cccc(CNC(=O)CN2CCN(CC(F)(F)F)CC2)c1. The summed E-state index contributed by atoms with van der Waals surface area (Å²) in [5.74, 6) is -0.101. The first-order chi connectivity index (χ1) is 10.8. The van der Waals surface area contributed by atoms with E-state index in [4.69, 9.17) is 0 Å². The minimum atomic E-state index is -4.16. The van der Waals surface area contributed by atoms with E-state index >= 15 is 0 Å². The van der Waals surface area contributed by atoms with Crippen molar-refractivity contribution in [2.24, 2.45) is 0 Å². The van der Waals surface area contributed by atoms with Gasteiger partial charge in [0.25, 0.3) is 0 Å². The van der Waals surface area contributed by atoms with Crippen molar-refractivity contribution in [3.8, 4) is 0 Å². The van der Waals surface area contributed by atoms with Crippen molar-refractivity contribution in [2.45, 2.75) is 19.6 Å². The summed E-state index contributed by atoms with van der Waals surface area (Å²) in [6, 6.07) is 7.89.